The molecule has 0 rings (SSSR count). The maximum Gasteiger partial charge on any atom is 0.536 e. The number of hydrogen-bond acceptors (Lipinski definition) is 5. The van der Waals surface area contributed by atoms with Crippen LogP contribution in [-0.2, 0) is 13.3 Å². The Morgan fingerprint density at radius 3 is 1.30 bits per heavy atom. The van der Waals surface area contributed by atoms with Gasteiger partial charge < -0.3 is 23.3 Å². The Morgan fingerprint density at radius 1 is 1.00 bits per heavy atom. The van der Waals surface area contributed by atoms with Gasteiger partial charge in [0, 0.05) is 21.3 Å². The van der Waals surface area contributed by atoms with Crippen LogP contribution in [0.3, 0.4) is 0 Å². The van der Waals surface area contributed by atoms with Gasteiger partial charge in [-0.3, -0.25) is 0 Å². The van der Waals surface area contributed by atoms with Crippen molar-refractivity contribution in [1.82, 2.24) is 0 Å². The zero-order valence-corrected chi connectivity index (χ0v) is 7.20. The summed E-state index contributed by atoms with van der Waals surface area (Å²) in [5, 5.41) is 17.4. The van der Waals surface area contributed by atoms with Crippen molar-refractivity contribution in [2.45, 2.75) is 0 Å². The highest BCUT2D eigenvalue weighted by Crippen LogP contribution is 2.05. The highest BCUT2D eigenvalue weighted by atomic mass is 28.4. The minimum absolute atomic E-state index is 1.30. The van der Waals surface area contributed by atoms with Crippen LogP contribution in [0.15, 0.2) is 0 Å². The summed E-state index contributed by atoms with van der Waals surface area (Å²) in [6.07, 6.45) is 0. The van der Waals surface area contributed by atoms with Crippen molar-refractivity contribution in [3.05, 3.63) is 0 Å². The van der Waals surface area contributed by atoms with Gasteiger partial charge in [0.1, 0.15) is 0 Å². The fraction of sp³-hybridized carbons (Fsp3) is 1.00. The van der Waals surface area contributed by atoms with Gasteiger partial charge in [0.25, 0.3) is 0 Å². The molecular formula is C3H11BO5Si. The summed E-state index contributed by atoms with van der Waals surface area (Å²) in [5.74, 6) is 0. The summed E-state index contributed by atoms with van der Waals surface area (Å²) < 4.78 is 14.1. The van der Waals surface area contributed by atoms with Crippen LogP contribution >= 0.6 is 0 Å². The third-order valence-electron chi connectivity index (χ3n) is 1.17. The van der Waals surface area contributed by atoms with Crippen LogP contribution in [0.4, 0.5) is 0 Å². The number of hydrogen-bond donors (Lipinski definition) is 2. The highest BCUT2D eigenvalue weighted by Gasteiger charge is 2.51. The van der Waals surface area contributed by atoms with Gasteiger partial charge in [-0.2, -0.15) is 0 Å². The van der Waals surface area contributed by atoms with E-state index < -0.39 is 15.4 Å². The van der Waals surface area contributed by atoms with E-state index in [0.29, 0.717) is 0 Å². The molecule has 0 bridgehead atoms. The largest absolute Gasteiger partial charge is 0.536 e. The van der Waals surface area contributed by atoms with Crippen LogP contribution in [0.2, 0.25) is 0 Å². The summed E-state index contributed by atoms with van der Waals surface area (Å²) >= 11 is 0. The monoisotopic (exact) mass is 166 g/mol. The first-order valence-electron chi connectivity index (χ1n) is 2.64. The first kappa shape index (κ1) is 10.1. The van der Waals surface area contributed by atoms with Crippen molar-refractivity contribution in [3.8, 4) is 0 Å². The molecule has 0 atom stereocenters. The standard InChI is InChI=1S/C3H11BO5Si/c1-7-10(8-2,9-3)4(5)6/h5-6H,1-3H3. The fourth-order valence-electron chi connectivity index (χ4n) is 0.566. The molecule has 0 aliphatic heterocycles. The molecule has 0 radical (unpaired) electrons. The van der Waals surface area contributed by atoms with E-state index in [2.05, 4.69) is 0 Å². The molecule has 60 valence electrons. The molecule has 5 nitrogen and oxygen atoms in total. The minimum Gasteiger partial charge on any atom is -0.424 e. The lowest BCUT2D eigenvalue weighted by Gasteiger charge is -2.22. The molecule has 0 saturated carbocycles. The van der Waals surface area contributed by atoms with Gasteiger partial charge in [-0.05, 0) is 0 Å². The Bertz CT molecular complexity index is 86.6. The Morgan fingerprint density at radius 2 is 1.30 bits per heavy atom. The van der Waals surface area contributed by atoms with Crippen molar-refractivity contribution < 1.29 is 23.3 Å². The summed E-state index contributed by atoms with van der Waals surface area (Å²) in [7, 11) is 0.729. The molecular weight excluding hydrogens is 155 g/mol. The van der Waals surface area contributed by atoms with Gasteiger partial charge >= 0.3 is 15.4 Å². The molecule has 2 N–H and O–H groups in total. The molecule has 0 spiro atoms. The molecule has 0 aliphatic rings. The maximum atomic E-state index is 8.70. The van der Waals surface area contributed by atoms with E-state index in [1.54, 1.807) is 0 Å². The van der Waals surface area contributed by atoms with Gasteiger partial charge in [0.05, 0.1) is 0 Å². The first-order chi connectivity index (χ1) is 4.63. The average Bonchev–Trinajstić information content (AvgIpc) is 1.92. The Labute approximate surface area is 61.0 Å². The van der Waals surface area contributed by atoms with E-state index in [4.69, 9.17) is 23.3 Å². The Balaban J connectivity index is 4.15. The molecule has 0 aromatic rings. The second-order valence-electron chi connectivity index (χ2n) is 1.59. The van der Waals surface area contributed by atoms with Crippen LogP contribution < -0.4 is 0 Å². The van der Waals surface area contributed by atoms with Crippen molar-refractivity contribution >= 4 is 15.4 Å². The van der Waals surface area contributed by atoms with Gasteiger partial charge in [0.15, 0.2) is 0 Å². The molecule has 0 heterocycles. The third-order valence-corrected chi connectivity index (χ3v) is 3.51. The van der Waals surface area contributed by atoms with E-state index >= 15 is 0 Å². The zero-order chi connectivity index (χ0) is 8.20. The summed E-state index contributed by atoms with van der Waals surface area (Å²) in [6, 6.07) is 0. The molecule has 0 fully saturated rings. The zero-order valence-electron chi connectivity index (χ0n) is 6.20. The Hall–Kier alpha value is 0.0818. The normalized spacial score (nSPS) is 11.7. The molecule has 0 aromatic heterocycles. The number of rotatable bonds is 4. The van der Waals surface area contributed by atoms with Crippen molar-refractivity contribution in [2.75, 3.05) is 21.3 Å². The molecule has 10 heavy (non-hydrogen) atoms. The topological polar surface area (TPSA) is 68.2 Å². The summed E-state index contributed by atoms with van der Waals surface area (Å²) in [5.41, 5.74) is 0. The van der Waals surface area contributed by atoms with Crippen LogP contribution in [0.5, 0.6) is 0 Å². The van der Waals surface area contributed by atoms with Crippen molar-refractivity contribution in [2.24, 2.45) is 0 Å². The second kappa shape index (κ2) is 4.06. The maximum absolute atomic E-state index is 8.70. The van der Waals surface area contributed by atoms with E-state index in [0.717, 1.165) is 0 Å². The van der Waals surface area contributed by atoms with Gasteiger partial charge in [0.2, 0.25) is 0 Å². The van der Waals surface area contributed by atoms with E-state index in [9.17, 15) is 0 Å². The molecule has 7 heteroatoms. The predicted octanol–water partition coefficient (Wildman–Crippen LogP) is -1.58. The average molecular weight is 166 g/mol. The van der Waals surface area contributed by atoms with E-state index in [1.165, 1.54) is 21.3 Å². The van der Waals surface area contributed by atoms with Crippen LogP contribution in [0, 0.1) is 0 Å². The fourth-order valence-corrected chi connectivity index (χ4v) is 1.70. The predicted molar refractivity (Wildman–Crippen MR) is 37.0 cm³/mol. The van der Waals surface area contributed by atoms with E-state index in [1.807, 2.05) is 0 Å². The molecule has 0 aliphatic carbocycles. The first-order valence-corrected chi connectivity index (χ1v) is 4.44. The van der Waals surface area contributed by atoms with Crippen LogP contribution in [0.1, 0.15) is 0 Å². The molecule has 0 amide bonds. The summed E-state index contributed by atoms with van der Waals surface area (Å²) in [4.78, 5) is 0. The second-order valence-corrected chi connectivity index (χ2v) is 4.54. The van der Waals surface area contributed by atoms with Gasteiger partial charge in [-0.1, -0.05) is 0 Å². The quantitative estimate of drug-likeness (QED) is 0.493. The summed E-state index contributed by atoms with van der Waals surface area (Å²) in [6.45, 7) is -1.69. The SMILES string of the molecule is CO[Si](OC)(OC)B(O)O. The van der Waals surface area contributed by atoms with Gasteiger partial charge in [-0.25, -0.2) is 0 Å². The van der Waals surface area contributed by atoms with Crippen LogP contribution in [-0.4, -0.2) is 46.8 Å². The highest BCUT2D eigenvalue weighted by molar-refractivity contribution is 7.17. The lowest BCUT2D eigenvalue weighted by Crippen LogP contribution is -2.57. The Kier molecular flexibility index (Phi) is 4.10. The lowest BCUT2D eigenvalue weighted by atomic mass is 10.4. The minimum atomic E-state index is -3.18. The van der Waals surface area contributed by atoms with Crippen LogP contribution in [0.25, 0.3) is 0 Å². The van der Waals surface area contributed by atoms with Crippen molar-refractivity contribution in [1.29, 1.82) is 0 Å². The molecule has 0 unspecified atom stereocenters. The lowest BCUT2D eigenvalue weighted by molar-refractivity contribution is 0.133. The molecule has 0 aromatic carbocycles. The third kappa shape index (κ3) is 1.78. The van der Waals surface area contributed by atoms with E-state index in [-0.39, 0.29) is 0 Å². The smallest absolute Gasteiger partial charge is 0.424 e. The van der Waals surface area contributed by atoms with Gasteiger partial charge in [-0.15, -0.1) is 0 Å². The van der Waals surface area contributed by atoms with Crippen molar-refractivity contribution in [3.63, 3.8) is 0 Å². The molecule has 0 saturated heterocycles.